The Hall–Kier alpha value is -1.96. The molecule has 0 atom stereocenters. The fraction of sp³-hybridized carbons (Fsp3) is 0.417. The highest BCUT2D eigenvalue weighted by Crippen LogP contribution is 2.27. The lowest BCUT2D eigenvalue weighted by Gasteiger charge is -2.43. The van der Waals surface area contributed by atoms with Crippen LogP contribution in [0.2, 0.25) is 0 Å². The van der Waals surface area contributed by atoms with Crippen molar-refractivity contribution in [1.82, 2.24) is 5.32 Å². The number of alkyl halides is 3. The molecule has 3 N–H and O–H groups in total. The van der Waals surface area contributed by atoms with Crippen molar-refractivity contribution in [3.05, 3.63) is 24.3 Å². The SMILES string of the molecule is O=C(O)CC1(Nc2ccc(OC(F)(F)F)cc2)CNC1. The number of carbonyl (C=O) groups is 1. The van der Waals surface area contributed by atoms with Crippen LogP contribution < -0.4 is 15.4 Å². The first-order valence-electron chi connectivity index (χ1n) is 5.85. The van der Waals surface area contributed by atoms with E-state index >= 15 is 0 Å². The first kappa shape index (κ1) is 14.4. The molecule has 1 aromatic carbocycles. The highest BCUT2D eigenvalue weighted by molar-refractivity contribution is 5.70. The van der Waals surface area contributed by atoms with Crippen molar-refractivity contribution in [1.29, 1.82) is 0 Å². The van der Waals surface area contributed by atoms with Gasteiger partial charge in [0.15, 0.2) is 0 Å². The molecular weight excluding hydrogens is 277 g/mol. The van der Waals surface area contributed by atoms with E-state index in [0.29, 0.717) is 18.8 Å². The third kappa shape index (κ3) is 3.77. The van der Waals surface area contributed by atoms with Gasteiger partial charge in [-0.15, -0.1) is 13.2 Å². The molecule has 0 unspecified atom stereocenters. The summed E-state index contributed by atoms with van der Waals surface area (Å²) in [6.07, 6.45) is -4.79. The second-order valence-corrected chi connectivity index (χ2v) is 4.65. The lowest BCUT2D eigenvalue weighted by Crippen LogP contribution is -2.65. The van der Waals surface area contributed by atoms with Gasteiger partial charge in [-0.1, -0.05) is 0 Å². The molecule has 0 aliphatic carbocycles. The maximum atomic E-state index is 12.0. The lowest BCUT2D eigenvalue weighted by molar-refractivity contribution is -0.274. The molecule has 0 aromatic heterocycles. The summed E-state index contributed by atoms with van der Waals surface area (Å²) in [4.78, 5) is 10.8. The van der Waals surface area contributed by atoms with Gasteiger partial charge in [0.25, 0.3) is 0 Å². The van der Waals surface area contributed by atoms with Crippen LogP contribution in [-0.2, 0) is 4.79 Å². The van der Waals surface area contributed by atoms with E-state index in [2.05, 4.69) is 15.4 Å². The average Bonchev–Trinajstić information content (AvgIpc) is 2.26. The highest BCUT2D eigenvalue weighted by Gasteiger charge is 2.39. The molecule has 0 spiro atoms. The van der Waals surface area contributed by atoms with E-state index in [1.807, 2.05) is 0 Å². The van der Waals surface area contributed by atoms with Crippen LogP contribution in [-0.4, -0.2) is 36.1 Å². The first-order valence-corrected chi connectivity index (χ1v) is 5.85. The molecule has 1 fully saturated rings. The molecule has 1 heterocycles. The molecule has 1 aliphatic heterocycles. The molecule has 1 saturated heterocycles. The monoisotopic (exact) mass is 290 g/mol. The van der Waals surface area contributed by atoms with Gasteiger partial charge in [0.2, 0.25) is 0 Å². The Morgan fingerprint density at radius 2 is 1.95 bits per heavy atom. The van der Waals surface area contributed by atoms with E-state index in [4.69, 9.17) is 5.11 Å². The predicted molar refractivity (Wildman–Crippen MR) is 64.6 cm³/mol. The van der Waals surface area contributed by atoms with Crippen LogP contribution in [0, 0.1) is 0 Å². The van der Waals surface area contributed by atoms with Crippen LogP contribution >= 0.6 is 0 Å². The lowest BCUT2D eigenvalue weighted by atomic mass is 9.88. The second kappa shape index (κ2) is 5.20. The summed E-state index contributed by atoms with van der Waals surface area (Å²) in [5.41, 5.74) is -0.0552. The number of hydrogen-bond donors (Lipinski definition) is 3. The fourth-order valence-corrected chi connectivity index (χ4v) is 2.02. The maximum absolute atomic E-state index is 12.0. The molecular formula is C12H13F3N2O3. The van der Waals surface area contributed by atoms with Crippen molar-refractivity contribution >= 4 is 11.7 Å². The van der Waals surface area contributed by atoms with Crippen LogP contribution in [0.4, 0.5) is 18.9 Å². The molecule has 5 nitrogen and oxygen atoms in total. The highest BCUT2D eigenvalue weighted by atomic mass is 19.4. The Balaban J connectivity index is 2.01. The number of benzene rings is 1. The maximum Gasteiger partial charge on any atom is 0.573 e. The van der Waals surface area contributed by atoms with Gasteiger partial charge in [-0.05, 0) is 24.3 Å². The van der Waals surface area contributed by atoms with E-state index in [-0.39, 0.29) is 12.2 Å². The van der Waals surface area contributed by atoms with Gasteiger partial charge in [-0.3, -0.25) is 4.79 Å². The molecule has 0 radical (unpaired) electrons. The third-order valence-electron chi connectivity index (χ3n) is 2.91. The van der Waals surface area contributed by atoms with E-state index < -0.39 is 17.9 Å². The standard InChI is InChI=1S/C12H13F3N2O3/c13-12(14,15)20-9-3-1-8(2-4-9)17-11(5-10(18)19)6-16-7-11/h1-4,16-17H,5-7H2,(H,18,19). The van der Waals surface area contributed by atoms with Gasteiger partial charge in [0, 0.05) is 18.8 Å². The third-order valence-corrected chi connectivity index (χ3v) is 2.91. The summed E-state index contributed by atoms with van der Waals surface area (Å²) in [6.45, 7) is 0.972. The van der Waals surface area contributed by atoms with Crippen molar-refractivity contribution < 1.29 is 27.8 Å². The predicted octanol–water partition coefficient (Wildman–Crippen LogP) is 1.81. The zero-order valence-electron chi connectivity index (χ0n) is 10.3. The van der Waals surface area contributed by atoms with Crippen LogP contribution in [0.5, 0.6) is 5.75 Å². The number of carboxylic acid groups (broad SMARTS) is 1. The topological polar surface area (TPSA) is 70.6 Å². The Bertz CT molecular complexity index is 484. The van der Waals surface area contributed by atoms with E-state index in [0.717, 1.165) is 0 Å². The summed E-state index contributed by atoms with van der Waals surface area (Å²) >= 11 is 0. The largest absolute Gasteiger partial charge is 0.573 e. The van der Waals surface area contributed by atoms with Crippen LogP contribution in [0.3, 0.4) is 0 Å². The van der Waals surface area contributed by atoms with E-state index in [9.17, 15) is 18.0 Å². The smallest absolute Gasteiger partial charge is 0.481 e. The van der Waals surface area contributed by atoms with Gasteiger partial charge in [0.05, 0.1) is 12.0 Å². The van der Waals surface area contributed by atoms with Crippen molar-refractivity contribution in [3.63, 3.8) is 0 Å². The zero-order chi connectivity index (χ0) is 14.8. The fourth-order valence-electron chi connectivity index (χ4n) is 2.02. The first-order chi connectivity index (χ1) is 9.28. The summed E-state index contributed by atoms with van der Waals surface area (Å²) in [7, 11) is 0. The summed E-state index contributed by atoms with van der Waals surface area (Å²) in [6, 6.07) is 5.19. The molecule has 0 saturated carbocycles. The number of anilines is 1. The number of halogens is 3. The van der Waals surface area contributed by atoms with Gasteiger partial charge in [0.1, 0.15) is 5.75 Å². The van der Waals surface area contributed by atoms with Crippen molar-refractivity contribution in [3.8, 4) is 5.75 Å². The molecule has 20 heavy (non-hydrogen) atoms. The zero-order valence-corrected chi connectivity index (χ0v) is 10.3. The normalized spacial score (nSPS) is 17.1. The number of hydrogen-bond acceptors (Lipinski definition) is 4. The number of nitrogens with one attached hydrogen (secondary N) is 2. The molecule has 110 valence electrons. The molecule has 0 amide bonds. The molecule has 8 heteroatoms. The minimum Gasteiger partial charge on any atom is -0.481 e. The number of carboxylic acids is 1. The molecule has 1 aromatic rings. The van der Waals surface area contributed by atoms with Crippen LogP contribution in [0.15, 0.2) is 24.3 Å². The summed E-state index contributed by atoms with van der Waals surface area (Å²) in [5.74, 6) is -1.25. The number of aliphatic carboxylic acids is 1. The van der Waals surface area contributed by atoms with E-state index in [1.54, 1.807) is 0 Å². The van der Waals surface area contributed by atoms with E-state index in [1.165, 1.54) is 24.3 Å². The summed E-state index contributed by atoms with van der Waals surface area (Å²) in [5, 5.41) is 14.9. The molecule has 2 rings (SSSR count). The quantitative estimate of drug-likeness (QED) is 0.771. The Morgan fingerprint density at radius 1 is 1.35 bits per heavy atom. The van der Waals surface area contributed by atoms with Crippen molar-refractivity contribution in [2.45, 2.75) is 18.3 Å². The minimum atomic E-state index is -4.72. The minimum absolute atomic E-state index is 0.0686. The molecule has 0 bridgehead atoms. The number of ether oxygens (including phenoxy) is 1. The second-order valence-electron chi connectivity index (χ2n) is 4.65. The van der Waals surface area contributed by atoms with Crippen LogP contribution in [0.25, 0.3) is 0 Å². The van der Waals surface area contributed by atoms with Gasteiger partial charge in [-0.25, -0.2) is 0 Å². The molecule has 1 aliphatic rings. The Morgan fingerprint density at radius 3 is 2.35 bits per heavy atom. The van der Waals surface area contributed by atoms with Crippen molar-refractivity contribution in [2.24, 2.45) is 0 Å². The van der Waals surface area contributed by atoms with Crippen molar-refractivity contribution in [2.75, 3.05) is 18.4 Å². The summed E-state index contributed by atoms with van der Waals surface area (Å²) < 4.78 is 39.8. The van der Waals surface area contributed by atoms with Gasteiger partial charge < -0.3 is 20.5 Å². The van der Waals surface area contributed by atoms with Crippen LogP contribution in [0.1, 0.15) is 6.42 Å². The number of rotatable bonds is 5. The van der Waals surface area contributed by atoms with Gasteiger partial charge in [-0.2, -0.15) is 0 Å². The Kier molecular flexibility index (Phi) is 3.76. The van der Waals surface area contributed by atoms with Gasteiger partial charge >= 0.3 is 12.3 Å². The Labute approximate surface area is 112 Å². The average molecular weight is 290 g/mol.